The van der Waals surface area contributed by atoms with Gasteiger partial charge in [-0.15, -0.1) is 0 Å². The number of rotatable bonds is 5. The third-order valence-corrected chi connectivity index (χ3v) is 4.54. The normalized spacial score (nSPS) is 32.5. The second-order valence-corrected chi connectivity index (χ2v) is 5.59. The van der Waals surface area contributed by atoms with E-state index < -0.39 is 0 Å². The summed E-state index contributed by atoms with van der Waals surface area (Å²) in [5.41, 5.74) is 1.39. The van der Waals surface area contributed by atoms with Crippen molar-refractivity contribution in [2.75, 3.05) is 6.54 Å². The van der Waals surface area contributed by atoms with Crippen LogP contribution < -0.4 is 5.32 Å². The highest BCUT2D eigenvalue weighted by molar-refractivity contribution is 5.12. The largest absolute Gasteiger partial charge is 0.309 e. The minimum Gasteiger partial charge on any atom is -0.309 e. The van der Waals surface area contributed by atoms with Gasteiger partial charge in [-0.05, 0) is 56.6 Å². The lowest BCUT2D eigenvalue weighted by molar-refractivity contribution is 0.328. The molecule has 2 aliphatic carbocycles. The molecule has 2 aliphatic rings. The second kappa shape index (κ2) is 4.45. The molecule has 3 unspecified atom stereocenters. The molecule has 1 N–H and O–H groups in total. The van der Waals surface area contributed by atoms with Gasteiger partial charge >= 0.3 is 0 Å². The Kier molecular flexibility index (Phi) is 2.95. The van der Waals surface area contributed by atoms with E-state index in [1.165, 1.54) is 25.0 Å². The van der Waals surface area contributed by atoms with Crippen molar-refractivity contribution < 1.29 is 0 Å². The van der Waals surface area contributed by atoms with Crippen LogP contribution in [0.5, 0.6) is 0 Å². The van der Waals surface area contributed by atoms with Crippen molar-refractivity contribution in [3.8, 4) is 0 Å². The van der Waals surface area contributed by atoms with E-state index >= 15 is 0 Å². The Morgan fingerprint density at radius 3 is 2.76 bits per heavy atom. The van der Waals surface area contributed by atoms with Gasteiger partial charge in [-0.1, -0.05) is 6.92 Å². The number of nitrogens with zero attached hydrogens (tertiary/aromatic N) is 2. The van der Waals surface area contributed by atoms with Gasteiger partial charge in [0.25, 0.3) is 0 Å². The van der Waals surface area contributed by atoms with Crippen LogP contribution in [0, 0.1) is 17.8 Å². The first kappa shape index (κ1) is 11.3. The van der Waals surface area contributed by atoms with Crippen molar-refractivity contribution >= 4 is 0 Å². The summed E-state index contributed by atoms with van der Waals surface area (Å²) in [6.07, 6.45) is 6.30. The quantitative estimate of drug-likeness (QED) is 0.847. The van der Waals surface area contributed by atoms with Gasteiger partial charge in [0.1, 0.15) is 0 Å². The maximum atomic E-state index is 4.42. The van der Waals surface area contributed by atoms with Crippen LogP contribution in [0.15, 0.2) is 12.3 Å². The molecule has 3 rings (SSSR count). The van der Waals surface area contributed by atoms with E-state index in [2.05, 4.69) is 35.0 Å². The fourth-order valence-electron chi connectivity index (χ4n) is 3.64. The van der Waals surface area contributed by atoms with Gasteiger partial charge in [-0.3, -0.25) is 4.68 Å². The van der Waals surface area contributed by atoms with Crippen LogP contribution in [-0.4, -0.2) is 16.3 Å². The maximum absolute atomic E-state index is 4.42. The molecule has 2 fully saturated rings. The van der Waals surface area contributed by atoms with E-state index in [1.807, 2.05) is 6.20 Å². The van der Waals surface area contributed by atoms with Gasteiger partial charge in [0.05, 0.1) is 11.7 Å². The predicted molar refractivity (Wildman–Crippen MR) is 68.6 cm³/mol. The molecule has 1 aromatic heterocycles. The minimum atomic E-state index is 0.523. The number of aryl methyl sites for hydroxylation is 1. The Morgan fingerprint density at radius 1 is 1.35 bits per heavy atom. The molecule has 3 atom stereocenters. The van der Waals surface area contributed by atoms with Gasteiger partial charge in [0, 0.05) is 12.7 Å². The van der Waals surface area contributed by atoms with Gasteiger partial charge in [0.2, 0.25) is 0 Å². The molecule has 0 spiro atoms. The highest BCUT2D eigenvalue weighted by atomic mass is 15.3. The van der Waals surface area contributed by atoms with Crippen LogP contribution in [0.2, 0.25) is 0 Å². The molecule has 0 aromatic carbocycles. The fourth-order valence-corrected chi connectivity index (χ4v) is 3.64. The predicted octanol–water partition coefficient (Wildman–Crippen LogP) is 2.60. The van der Waals surface area contributed by atoms with Crippen LogP contribution in [-0.2, 0) is 6.54 Å². The zero-order valence-corrected chi connectivity index (χ0v) is 10.9. The molecule has 0 radical (unpaired) electrons. The third-order valence-electron chi connectivity index (χ3n) is 4.54. The van der Waals surface area contributed by atoms with Gasteiger partial charge < -0.3 is 5.32 Å². The zero-order chi connectivity index (χ0) is 11.8. The molecule has 17 heavy (non-hydrogen) atoms. The van der Waals surface area contributed by atoms with Crippen LogP contribution in [0.25, 0.3) is 0 Å². The molecule has 94 valence electrons. The topological polar surface area (TPSA) is 29.9 Å². The zero-order valence-electron chi connectivity index (χ0n) is 10.9. The Morgan fingerprint density at radius 2 is 2.12 bits per heavy atom. The summed E-state index contributed by atoms with van der Waals surface area (Å²) < 4.78 is 2.15. The van der Waals surface area contributed by atoms with Crippen molar-refractivity contribution in [3.05, 3.63) is 18.0 Å². The van der Waals surface area contributed by atoms with Crippen molar-refractivity contribution in [1.82, 2.24) is 15.1 Å². The van der Waals surface area contributed by atoms with Crippen molar-refractivity contribution in [2.45, 2.75) is 45.7 Å². The molecular weight excluding hydrogens is 210 g/mol. The lowest BCUT2D eigenvalue weighted by Gasteiger charge is -2.26. The Bertz CT molecular complexity index is 375. The van der Waals surface area contributed by atoms with E-state index in [4.69, 9.17) is 0 Å². The van der Waals surface area contributed by atoms with Crippen molar-refractivity contribution in [3.63, 3.8) is 0 Å². The van der Waals surface area contributed by atoms with E-state index in [-0.39, 0.29) is 0 Å². The Labute approximate surface area is 104 Å². The Hall–Kier alpha value is -0.830. The van der Waals surface area contributed by atoms with Gasteiger partial charge in [-0.2, -0.15) is 5.10 Å². The highest BCUT2D eigenvalue weighted by Gasteiger charge is 2.48. The fraction of sp³-hybridized carbons (Fsp3) is 0.786. The molecule has 0 aliphatic heterocycles. The summed E-state index contributed by atoms with van der Waals surface area (Å²) in [6.45, 7) is 6.40. The van der Waals surface area contributed by atoms with E-state index in [0.717, 1.165) is 30.8 Å². The van der Waals surface area contributed by atoms with Crippen molar-refractivity contribution in [1.29, 1.82) is 0 Å². The molecule has 2 saturated carbocycles. The van der Waals surface area contributed by atoms with E-state index in [1.54, 1.807) is 0 Å². The number of nitrogens with one attached hydrogen (secondary N) is 1. The smallest absolute Gasteiger partial charge is 0.0556 e. The third kappa shape index (κ3) is 2.01. The monoisotopic (exact) mass is 233 g/mol. The highest BCUT2D eigenvalue weighted by Crippen LogP contribution is 2.57. The summed E-state index contributed by atoms with van der Waals surface area (Å²) in [5.74, 6) is 2.94. The first-order valence-corrected chi connectivity index (χ1v) is 7.08. The van der Waals surface area contributed by atoms with Crippen LogP contribution in [0.1, 0.15) is 44.8 Å². The number of hydrogen-bond donors (Lipinski definition) is 1. The molecule has 1 heterocycles. The first-order chi connectivity index (χ1) is 8.33. The summed E-state index contributed by atoms with van der Waals surface area (Å²) in [5, 5.41) is 8.10. The summed E-state index contributed by atoms with van der Waals surface area (Å²) in [6, 6.07) is 2.72. The average molecular weight is 233 g/mol. The molecule has 0 saturated heterocycles. The number of fused-ring (bicyclic) bond motifs is 1. The molecule has 3 heteroatoms. The summed E-state index contributed by atoms with van der Waals surface area (Å²) >= 11 is 0. The lowest BCUT2D eigenvalue weighted by atomic mass is 9.92. The standard InChI is InChI=1S/C14H23N3/c1-3-15-14(12-8-10-7-11(10)9-12)13-5-6-16-17(13)4-2/h5-6,10-12,14-15H,3-4,7-9H2,1-2H3. The SMILES string of the molecule is CCNC(c1ccnn1CC)C1CC2CC2C1. The summed E-state index contributed by atoms with van der Waals surface area (Å²) in [7, 11) is 0. The Balaban J connectivity index is 1.79. The minimum absolute atomic E-state index is 0.523. The average Bonchev–Trinajstić information content (AvgIpc) is 2.81. The van der Waals surface area contributed by atoms with Gasteiger partial charge in [0.15, 0.2) is 0 Å². The number of aromatic nitrogens is 2. The number of hydrogen-bond acceptors (Lipinski definition) is 2. The second-order valence-electron chi connectivity index (χ2n) is 5.59. The molecule has 0 bridgehead atoms. The summed E-state index contributed by atoms with van der Waals surface area (Å²) in [4.78, 5) is 0. The molecular formula is C14H23N3. The van der Waals surface area contributed by atoms with Crippen LogP contribution in [0.4, 0.5) is 0 Å². The van der Waals surface area contributed by atoms with Crippen LogP contribution in [0.3, 0.4) is 0 Å². The van der Waals surface area contributed by atoms with Crippen LogP contribution >= 0.6 is 0 Å². The van der Waals surface area contributed by atoms with E-state index in [0.29, 0.717) is 6.04 Å². The van der Waals surface area contributed by atoms with Crippen molar-refractivity contribution in [2.24, 2.45) is 17.8 Å². The van der Waals surface area contributed by atoms with Gasteiger partial charge in [-0.25, -0.2) is 0 Å². The lowest BCUT2D eigenvalue weighted by Crippen LogP contribution is -2.29. The van der Waals surface area contributed by atoms with E-state index in [9.17, 15) is 0 Å². The molecule has 0 amide bonds. The molecule has 3 nitrogen and oxygen atoms in total. The maximum Gasteiger partial charge on any atom is 0.0556 e. The molecule has 1 aromatic rings. The first-order valence-electron chi connectivity index (χ1n) is 7.08.